The average molecular weight is 309 g/mol. The smallest absolute Gasteiger partial charge is 0.269 e. The molecule has 92 valence electrons. The van der Waals surface area contributed by atoms with Crippen LogP contribution in [-0.2, 0) is 6.61 Å². The lowest BCUT2D eigenvalue weighted by Gasteiger charge is -2.07. The molecule has 0 spiro atoms. The molecule has 6 heteroatoms. The van der Waals surface area contributed by atoms with Gasteiger partial charge in [-0.25, -0.2) is 4.98 Å². The number of nitro groups is 1. The Morgan fingerprint density at radius 1 is 1.33 bits per heavy atom. The number of hydrogen-bond donors (Lipinski definition) is 0. The number of halogens is 1. The molecule has 0 aliphatic heterocycles. The average Bonchev–Trinajstić information content (AvgIpc) is 2.38. The fraction of sp³-hybridized carbons (Fsp3) is 0.0833. The number of pyridine rings is 1. The van der Waals surface area contributed by atoms with Crippen molar-refractivity contribution >= 4 is 21.6 Å². The van der Waals surface area contributed by atoms with E-state index in [1.807, 2.05) is 0 Å². The van der Waals surface area contributed by atoms with Crippen molar-refractivity contribution in [2.75, 3.05) is 0 Å². The zero-order chi connectivity index (χ0) is 13.0. The number of benzene rings is 1. The van der Waals surface area contributed by atoms with E-state index in [0.717, 1.165) is 5.56 Å². The summed E-state index contributed by atoms with van der Waals surface area (Å²) in [6.07, 6.45) is 1.64. The summed E-state index contributed by atoms with van der Waals surface area (Å²) in [4.78, 5) is 14.2. The van der Waals surface area contributed by atoms with Crippen LogP contribution in [0.3, 0.4) is 0 Å². The zero-order valence-corrected chi connectivity index (χ0v) is 10.8. The Morgan fingerprint density at radius 3 is 2.89 bits per heavy atom. The molecule has 1 heterocycles. The molecule has 0 bridgehead atoms. The highest BCUT2D eigenvalue weighted by molar-refractivity contribution is 9.10. The number of ether oxygens (including phenoxy) is 1. The molecule has 0 aliphatic carbocycles. The molecule has 0 aliphatic rings. The number of hydrogen-bond acceptors (Lipinski definition) is 4. The first-order chi connectivity index (χ1) is 8.66. The van der Waals surface area contributed by atoms with Crippen molar-refractivity contribution < 1.29 is 9.66 Å². The summed E-state index contributed by atoms with van der Waals surface area (Å²) < 4.78 is 6.13. The number of nitrogens with zero attached hydrogens (tertiary/aromatic N) is 2. The first-order valence-electron chi connectivity index (χ1n) is 5.13. The van der Waals surface area contributed by atoms with Gasteiger partial charge < -0.3 is 4.74 Å². The molecule has 0 N–H and O–H groups in total. The number of non-ortho nitro benzene ring substituents is 1. The Hall–Kier alpha value is -1.95. The van der Waals surface area contributed by atoms with Crippen LogP contribution in [-0.4, -0.2) is 9.91 Å². The molecule has 0 saturated carbocycles. The maximum Gasteiger partial charge on any atom is 0.269 e. The van der Waals surface area contributed by atoms with Crippen LogP contribution in [0.4, 0.5) is 5.69 Å². The van der Waals surface area contributed by atoms with Gasteiger partial charge in [-0.3, -0.25) is 10.1 Å². The molecule has 2 rings (SSSR count). The molecule has 0 unspecified atom stereocenters. The van der Waals surface area contributed by atoms with E-state index in [2.05, 4.69) is 20.9 Å². The van der Waals surface area contributed by atoms with E-state index in [1.165, 1.54) is 12.1 Å². The maximum absolute atomic E-state index is 10.6. The molecule has 0 saturated heterocycles. The highest BCUT2D eigenvalue weighted by Gasteiger charge is 2.07. The standard InChI is InChI=1S/C12H9BrN2O3/c13-12-11(5-2-6-14-12)18-8-9-3-1-4-10(7-9)15(16)17/h1-7H,8H2. The van der Waals surface area contributed by atoms with Crippen LogP contribution in [0.5, 0.6) is 5.75 Å². The quantitative estimate of drug-likeness (QED) is 0.493. The molecule has 0 radical (unpaired) electrons. The van der Waals surface area contributed by atoms with Gasteiger partial charge in [-0.2, -0.15) is 0 Å². The lowest BCUT2D eigenvalue weighted by Crippen LogP contribution is -1.97. The molecule has 0 fully saturated rings. The zero-order valence-electron chi connectivity index (χ0n) is 9.25. The van der Waals surface area contributed by atoms with E-state index in [1.54, 1.807) is 30.5 Å². The van der Waals surface area contributed by atoms with Crippen molar-refractivity contribution in [2.45, 2.75) is 6.61 Å². The van der Waals surface area contributed by atoms with Crippen molar-refractivity contribution in [3.8, 4) is 5.75 Å². The minimum absolute atomic E-state index is 0.0568. The summed E-state index contributed by atoms with van der Waals surface area (Å²) in [5.74, 6) is 0.601. The first kappa shape index (κ1) is 12.5. The first-order valence-corrected chi connectivity index (χ1v) is 5.93. The minimum Gasteiger partial charge on any atom is -0.486 e. The van der Waals surface area contributed by atoms with Crippen LogP contribution in [0.2, 0.25) is 0 Å². The van der Waals surface area contributed by atoms with E-state index in [0.29, 0.717) is 10.4 Å². The topological polar surface area (TPSA) is 65.3 Å². The van der Waals surface area contributed by atoms with Crippen LogP contribution >= 0.6 is 15.9 Å². The Kier molecular flexibility index (Phi) is 3.88. The Labute approximate surface area is 112 Å². The van der Waals surface area contributed by atoms with Crippen molar-refractivity contribution in [1.29, 1.82) is 0 Å². The molecular weight excluding hydrogens is 300 g/mol. The van der Waals surface area contributed by atoms with Gasteiger partial charge in [0.15, 0.2) is 5.75 Å². The van der Waals surface area contributed by atoms with Crippen LogP contribution in [0.25, 0.3) is 0 Å². The van der Waals surface area contributed by atoms with Gasteiger partial charge in [0.25, 0.3) is 5.69 Å². The molecule has 5 nitrogen and oxygen atoms in total. The SMILES string of the molecule is O=[N+]([O-])c1cccc(COc2cccnc2Br)c1. The van der Waals surface area contributed by atoms with E-state index in [4.69, 9.17) is 4.74 Å². The number of aromatic nitrogens is 1. The Morgan fingerprint density at radius 2 is 2.17 bits per heavy atom. The second kappa shape index (κ2) is 5.59. The Bertz CT molecular complexity index is 575. The van der Waals surface area contributed by atoms with Gasteiger partial charge >= 0.3 is 0 Å². The minimum atomic E-state index is -0.427. The summed E-state index contributed by atoms with van der Waals surface area (Å²) in [7, 11) is 0. The van der Waals surface area contributed by atoms with Gasteiger partial charge in [0, 0.05) is 18.3 Å². The predicted molar refractivity (Wildman–Crippen MR) is 69.4 cm³/mol. The van der Waals surface area contributed by atoms with E-state index in [-0.39, 0.29) is 12.3 Å². The molecular formula is C12H9BrN2O3. The van der Waals surface area contributed by atoms with Gasteiger partial charge in [0.1, 0.15) is 11.2 Å². The largest absolute Gasteiger partial charge is 0.486 e. The second-order valence-corrected chi connectivity index (χ2v) is 4.26. The van der Waals surface area contributed by atoms with Crippen LogP contribution in [0.1, 0.15) is 5.56 Å². The number of nitro benzene ring substituents is 1. The molecule has 1 aromatic heterocycles. The monoisotopic (exact) mass is 308 g/mol. The van der Waals surface area contributed by atoms with Gasteiger partial charge in [-0.15, -0.1) is 0 Å². The second-order valence-electron chi connectivity index (χ2n) is 3.51. The molecule has 2 aromatic rings. The van der Waals surface area contributed by atoms with Gasteiger partial charge in [0.05, 0.1) is 4.92 Å². The fourth-order valence-electron chi connectivity index (χ4n) is 1.40. The lowest BCUT2D eigenvalue weighted by molar-refractivity contribution is -0.384. The third-order valence-corrected chi connectivity index (χ3v) is 2.84. The third kappa shape index (κ3) is 3.04. The van der Waals surface area contributed by atoms with Crippen molar-refractivity contribution in [2.24, 2.45) is 0 Å². The lowest BCUT2D eigenvalue weighted by atomic mass is 10.2. The number of rotatable bonds is 4. The molecule has 18 heavy (non-hydrogen) atoms. The van der Waals surface area contributed by atoms with Crippen molar-refractivity contribution in [3.63, 3.8) is 0 Å². The normalized spacial score (nSPS) is 10.1. The van der Waals surface area contributed by atoms with Crippen LogP contribution < -0.4 is 4.74 Å². The van der Waals surface area contributed by atoms with Crippen LogP contribution in [0, 0.1) is 10.1 Å². The van der Waals surface area contributed by atoms with Gasteiger partial charge in [-0.05, 0) is 33.6 Å². The third-order valence-electron chi connectivity index (χ3n) is 2.24. The highest BCUT2D eigenvalue weighted by atomic mass is 79.9. The molecule has 1 aromatic carbocycles. The maximum atomic E-state index is 10.6. The fourth-order valence-corrected chi connectivity index (χ4v) is 1.76. The summed E-state index contributed by atoms with van der Waals surface area (Å²) in [5.41, 5.74) is 0.793. The Balaban J connectivity index is 2.09. The summed E-state index contributed by atoms with van der Waals surface area (Å²) in [5, 5.41) is 10.6. The van der Waals surface area contributed by atoms with E-state index < -0.39 is 4.92 Å². The molecule has 0 atom stereocenters. The van der Waals surface area contributed by atoms with E-state index >= 15 is 0 Å². The van der Waals surface area contributed by atoms with E-state index in [9.17, 15) is 10.1 Å². The predicted octanol–water partition coefficient (Wildman–Crippen LogP) is 3.33. The van der Waals surface area contributed by atoms with Gasteiger partial charge in [-0.1, -0.05) is 12.1 Å². The summed E-state index contributed by atoms with van der Waals surface area (Å²) in [6.45, 7) is 0.256. The van der Waals surface area contributed by atoms with Crippen LogP contribution in [0.15, 0.2) is 47.2 Å². The van der Waals surface area contributed by atoms with Gasteiger partial charge in [0.2, 0.25) is 0 Å². The highest BCUT2D eigenvalue weighted by Crippen LogP contribution is 2.22. The summed E-state index contributed by atoms with van der Waals surface area (Å²) in [6, 6.07) is 9.88. The van der Waals surface area contributed by atoms with Crippen molar-refractivity contribution in [1.82, 2.24) is 4.98 Å². The summed E-state index contributed by atoms with van der Waals surface area (Å²) >= 11 is 3.26. The molecule has 0 amide bonds. The van der Waals surface area contributed by atoms with Crippen molar-refractivity contribution in [3.05, 3.63) is 62.9 Å².